The van der Waals surface area contributed by atoms with Gasteiger partial charge in [0.1, 0.15) is 0 Å². The first-order valence-corrected chi connectivity index (χ1v) is 5.23. The van der Waals surface area contributed by atoms with E-state index in [4.69, 9.17) is 5.73 Å². The molecule has 0 aromatic carbocycles. The Kier molecular flexibility index (Phi) is 7.42. The fraction of sp³-hybridized carbons (Fsp3) is 0.900. The molecule has 0 saturated carbocycles. The number of nitrogens with two attached hydrogens (primary N) is 1. The molecule has 0 fully saturated rings. The van der Waals surface area contributed by atoms with Crippen LogP contribution >= 0.6 is 0 Å². The molecule has 0 aliphatic heterocycles. The van der Waals surface area contributed by atoms with Crippen molar-refractivity contribution < 1.29 is 4.79 Å². The molecule has 0 spiro atoms. The maximum Gasteiger partial charge on any atom is 0.221 e. The third-order valence-electron chi connectivity index (χ3n) is 2.46. The van der Waals surface area contributed by atoms with Gasteiger partial charge in [-0.3, -0.25) is 4.79 Å². The Morgan fingerprint density at radius 3 is 2.50 bits per heavy atom. The Hall–Kier alpha value is -0.610. The molecule has 0 radical (unpaired) electrons. The molecule has 14 heavy (non-hydrogen) atoms. The van der Waals surface area contributed by atoms with Crippen molar-refractivity contribution >= 4 is 5.91 Å². The Balaban J connectivity index is 3.47. The summed E-state index contributed by atoms with van der Waals surface area (Å²) in [5.74, 6) is 1.17. The standard InChI is InChI=1S/C10H23N3O/c1-8(2)9(6-11)7-13-5-4-10(14)12-3/h8-9,13H,4-7,11H2,1-3H3,(H,12,14). The number of hydrogen-bond donors (Lipinski definition) is 3. The highest BCUT2D eigenvalue weighted by atomic mass is 16.1. The monoisotopic (exact) mass is 201 g/mol. The van der Waals surface area contributed by atoms with Gasteiger partial charge in [0.15, 0.2) is 0 Å². The predicted octanol–water partition coefficient (Wildman–Crippen LogP) is -0.0570. The molecule has 0 heterocycles. The van der Waals surface area contributed by atoms with Gasteiger partial charge in [0, 0.05) is 20.0 Å². The SMILES string of the molecule is CNC(=O)CCNCC(CN)C(C)C. The Morgan fingerprint density at radius 1 is 1.43 bits per heavy atom. The number of nitrogens with one attached hydrogen (secondary N) is 2. The Morgan fingerprint density at radius 2 is 2.07 bits per heavy atom. The second-order valence-electron chi connectivity index (χ2n) is 3.87. The molecule has 4 heteroatoms. The third-order valence-corrected chi connectivity index (χ3v) is 2.46. The zero-order valence-electron chi connectivity index (χ0n) is 9.47. The first-order chi connectivity index (χ1) is 6.61. The lowest BCUT2D eigenvalue weighted by atomic mass is 9.96. The van der Waals surface area contributed by atoms with Crippen LogP contribution in [0.3, 0.4) is 0 Å². The number of carbonyl (C=O) groups is 1. The fourth-order valence-corrected chi connectivity index (χ4v) is 1.21. The van der Waals surface area contributed by atoms with Crippen molar-refractivity contribution in [2.24, 2.45) is 17.6 Å². The summed E-state index contributed by atoms with van der Waals surface area (Å²) in [4.78, 5) is 10.9. The van der Waals surface area contributed by atoms with Gasteiger partial charge in [0.05, 0.1) is 0 Å². The molecule has 0 aromatic rings. The van der Waals surface area contributed by atoms with Gasteiger partial charge in [-0.05, 0) is 24.9 Å². The minimum atomic E-state index is 0.0753. The molecule has 0 rings (SSSR count). The quantitative estimate of drug-likeness (QED) is 0.506. The maximum absolute atomic E-state index is 10.9. The average molecular weight is 201 g/mol. The summed E-state index contributed by atoms with van der Waals surface area (Å²) in [7, 11) is 1.65. The van der Waals surface area contributed by atoms with E-state index in [9.17, 15) is 4.79 Å². The van der Waals surface area contributed by atoms with Crippen LogP contribution in [0, 0.1) is 11.8 Å². The van der Waals surface area contributed by atoms with Crippen molar-refractivity contribution in [2.75, 3.05) is 26.7 Å². The molecule has 0 aromatic heterocycles. The molecule has 0 saturated heterocycles. The zero-order chi connectivity index (χ0) is 11.0. The lowest BCUT2D eigenvalue weighted by molar-refractivity contribution is -0.120. The molecule has 0 bridgehead atoms. The van der Waals surface area contributed by atoms with E-state index >= 15 is 0 Å². The van der Waals surface area contributed by atoms with Gasteiger partial charge < -0.3 is 16.4 Å². The van der Waals surface area contributed by atoms with Gasteiger partial charge in [0.2, 0.25) is 5.91 Å². The summed E-state index contributed by atoms with van der Waals surface area (Å²) in [6.45, 7) is 6.65. The summed E-state index contributed by atoms with van der Waals surface area (Å²) >= 11 is 0. The number of carbonyl (C=O) groups excluding carboxylic acids is 1. The summed E-state index contributed by atoms with van der Waals surface area (Å²) in [5.41, 5.74) is 5.62. The van der Waals surface area contributed by atoms with Crippen LogP contribution in [0.15, 0.2) is 0 Å². The van der Waals surface area contributed by atoms with E-state index in [2.05, 4.69) is 24.5 Å². The molecule has 1 atom stereocenters. The van der Waals surface area contributed by atoms with Crippen LogP contribution in [0.1, 0.15) is 20.3 Å². The minimum Gasteiger partial charge on any atom is -0.359 e. The number of rotatable bonds is 7. The fourth-order valence-electron chi connectivity index (χ4n) is 1.21. The third kappa shape index (κ3) is 5.94. The van der Waals surface area contributed by atoms with Gasteiger partial charge in [-0.15, -0.1) is 0 Å². The van der Waals surface area contributed by atoms with Gasteiger partial charge in [-0.2, -0.15) is 0 Å². The first kappa shape index (κ1) is 13.4. The lowest BCUT2D eigenvalue weighted by Crippen LogP contribution is -2.33. The van der Waals surface area contributed by atoms with E-state index in [1.54, 1.807) is 7.05 Å². The van der Waals surface area contributed by atoms with Crippen LogP contribution in [0.4, 0.5) is 0 Å². The van der Waals surface area contributed by atoms with Crippen LogP contribution in [-0.2, 0) is 4.79 Å². The first-order valence-electron chi connectivity index (χ1n) is 5.23. The Bertz CT molecular complexity index is 159. The van der Waals surface area contributed by atoms with Crippen LogP contribution in [-0.4, -0.2) is 32.6 Å². The van der Waals surface area contributed by atoms with E-state index in [-0.39, 0.29) is 5.91 Å². The van der Waals surface area contributed by atoms with Gasteiger partial charge >= 0.3 is 0 Å². The second kappa shape index (κ2) is 7.76. The van der Waals surface area contributed by atoms with Gasteiger partial charge in [-0.1, -0.05) is 13.8 Å². The summed E-state index contributed by atoms with van der Waals surface area (Å²) in [5, 5.41) is 5.83. The molecular weight excluding hydrogens is 178 g/mol. The highest BCUT2D eigenvalue weighted by molar-refractivity contribution is 5.75. The van der Waals surface area contributed by atoms with E-state index in [0.717, 1.165) is 13.1 Å². The van der Waals surface area contributed by atoms with Crippen LogP contribution < -0.4 is 16.4 Å². The molecule has 1 unspecified atom stereocenters. The highest BCUT2D eigenvalue weighted by Gasteiger charge is 2.10. The number of hydrogen-bond acceptors (Lipinski definition) is 3. The molecule has 0 aliphatic carbocycles. The topological polar surface area (TPSA) is 67.2 Å². The minimum absolute atomic E-state index is 0.0753. The molecule has 84 valence electrons. The second-order valence-corrected chi connectivity index (χ2v) is 3.87. The van der Waals surface area contributed by atoms with Crippen molar-refractivity contribution in [1.82, 2.24) is 10.6 Å². The van der Waals surface area contributed by atoms with E-state index < -0.39 is 0 Å². The Labute approximate surface area is 86.6 Å². The summed E-state index contributed by atoms with van der Waals surface area (Å²) < 4.78 is 0. The van der Waals surface area contributed by atoms with E-state index in [1.165, 1.54) is 0 Å². The molecule has 0 aliphatic rings. The average Bonchev–Trinajstić information content (AvgIpc) is 2.16. The lowest BCUT2D eigenvalue weighted by Gasteiger charge is -2.19. The van der Waals surface area contributed by atoms with Gasteiger partial charge in [0.25, 0.3) is 0 Å². The molecule has 1 amide bonds. The van der Waals surface area contributed by atoms with Gasteiger partial charge in [-0.25, -0.2) is 0 Å². The predicted molar refractivity (Wildman–Crippen MR) is 58.9 cm³/mol. The van der Waals surface area contributed by atoms with E-state index in [0.29, 0.717) is 24.8 Å². The highest BCUT2D eigenvalue weighted by Crippen LogP contribution is 2.06. The van der Waals surface area contributed by atoms with Crippen LogP contribution in [0.5, 0.6) is 0 Å². The van der Waals surface area contributed by atoms with Crippen molar-refractivity contribution in [3.8, 4) is 0 Å². The van der Waals surface area contributed by atoms with Crippen LogP contribution in [0.2, 0.25) is 0 Å². The van der Waals surface area contributed by atoms with Crippen LogP contribution in [0.25, 0.3) is 0 Å². The maximum atomic E-state index is 10.9. The summed E-state index contributed by atoms with van der Waals surface area (Å²) in [6.07, 6.45) is 0.534. The molecule has 4 N–H and O–H groups in total. The normalized spacial score (nSPS) is 12.9. The smallest absolute Gasteiger partial charge is 0.221 e. The van der Waals surface area contributed by atoms with Crippen molar-refractivity contribution in [3.05, 3.63) is 0 Å². The largest absolute Gasteiger partial charge is 0.359 e. The van der Waals surface area contributed by atoms with Crippen molar-refractivity contribution in [3.63, 3.8) is 0 Å². The summed E-state index contributed by atoms with van der Waals surface area (Å²) in [6, 6.07) is 0. The molecular formula is C10H23N3O. The zero-order valence-corrected chi connectivity index (χ0v) is 9.47. The van der Waals surface area contributed by atoms with Crippen molar-refractivity contribution in [1.29, 1.82) is 0 Å². The van der Waals surface area contributed by atoms with E-state index in [1.807, 2.05) is 0 Å². The molecule has 4 nitrogen and oxygen atoms in total. The number of amides is 1. The van der Waals surface area contributed by atoms with Crippen molar-refractivity contribution in [2.45, 2.75) is 20.3 Å².